The molecule has 0 bridgehead atoms. The number of piperidine rings is 1. The minimum atomic E-state index is -1.03. The van der Waals surface area contributed by atoms with Crippen molar-refractivity contribution in [2.75, 3.05) is 0 Å². The Hall–Kier alpha value is -0.900. The van der Waals surface area contributed by atoms with E-state index in [1.807, 2.05) is 13.8 Å². The molecule has 0 aromatic carbocycles. The van der Waals surface area contributed by atoms with Crippen molar-refractivity contribution in [3.63, 3.8) is 0 Å². The summed E-state index contributed by atoms with van der Waals surface area (Å²) in [6.07, 6.45) is -0.0441. The van der Waals surface area contributed by atoms with Crippen LogP contribution in [0, 0.1) is 11.3 Å². The molecular weight excluding hydrogens is 182 g/mol. The number of carbonyl (C=O) groups excluding carboxylic acids is 2. The van der Waals surface area contributed by atoms with Gasteiger partial charge in [0.15, 0.2) is 5.78 Å². The van der Waals surface area contributed by atoms with Crippen molar-refractivity contribution in [3.8, 4) is 0 Å². The zero-order valence-electron chi connectivity index (χ0n) is 8.83. The number of amides is 1. The van der Waals surface area contributed by atoms with Crippen LogP contribution in [0.4, 0.5) is 0 Å². The van der Waals surface area contributed by atoms with Crippen LogP contribution < -0.4 is 5.32 Å². The van der Waals surface area contributed by atoms with E-state index in [1.54, 1.807) is 6.92 Å². The van der Waals surface area contributed by atoms with Gasteiger partial charge in [-0.25, -0.2) is 0 Å². The Bertz CT molecular complexity index is 258. The van der Waals surface area contributed by atoms with Crippen LogP contribution >= 0.6 is 0 Å². The molecule has 2 unspecified atom stereocenters. The van der Waals surface area contributed by atoms with Gasteiger partial charge in [0.1, 0.15) is 11.6 Å². The summed E-state index contributed by atoms with van der Waals surface area (Å²) in [6.45, 7) is 5.29. The summed E-state index contributed by atoms with van der Waals surface area (Å²) in [5, 5.41) is 11.8. The molecule has 0 aromatic rings. The molecule has 1 saturated heterocycles. The van der Waals surface area contributed by atoms with Gasteiger partial charge < -0.3 is 10.4 Å². The number of hydrogen-bond donors (Lipinski definition) is 2. The van der Waals surface area contributed by atoms with Gasteiger partial charge in [-0.15, -0.1) is 0 Å². The second-order valence-corrected chi connectivity index (χ2v) is 3.86. The van der Waals surface area contributed by atoms with Gasteiger partial charge in [0.05, 0.1) is 5.92 Å². The number of hydrogen-bond acceptors (Lipinski definition) is 3. The number of Topliss-reactive ketones (excluding diaryl/α,β-unsaturated/α-hetero) is 1. The fourth-order valence-electron chi connectivity index (χ4n) is 2.01. The number of carbonyl (C=O) groups is 2. The Morgan fingerprint density at radius 2 is 1.86 bits per heavy atom. The Balaban J connectivity index is 3.05. The van der Waals surface area contributed by atoms with Crippen molar-refractivity contribution in [2.45, 2.75) is 39.8 Å². The molecule has 1 fully saturated rings. The van der Waals surface area contributed by atoms with E-state index < -0.39 is 17.6 Å². The monoisotopic (exact) mass is 199 g/mol. The molecule has 1 rings (SSSR count). The predicted molar refractivity (Wildman–Crippen MR) is 51.3 cm³/mol. The van der Waals surface area contributed by atoms with Gasteiger partial charge in [-0.2, -0.15) is 0 Å². The van der Waals surface area contributed by atoms with Gasteiger partial charge in [-0.05, 0) is 12.8 Å². The lowest BCUT2D eigenvalue weighted by atomic mass is 9.70. The summed E-state index contributed by atoms with van der Waals surface area (Å²) in [7, 11) is 0. The maximum Gasteiger partial charge on any atom is 0.235 e. The minimum Gasteiger partial charge on any atom is -0.373 e. The van der Waals surface area contributed by atoms with Gasteiger partial charge in [0.2, 0.25) is 5.91 Å². The van der Waals surface area contributed by atoms with E-state index in [0.717, 1.165) is 0 Å². The third-order valence-corrected chi connectivity index (χ3v) is 3.28. The lowest BCUT2D eigenvalue weighted by Crippen LogP contribution is -2.60. The van der Waals surface area contributed by atoms with Crippen LogP contribution in [0.25, 0.3) is 0 Å². The van der Waals surface area contributed by atoms with Gasteiger partial charge in [-0.1, -0.05) is 20.8 Å². The average molecular weight is 199 g/mol. The Morgan fingerprint density at radius 1 is 1.36 bits per heavy atom. The Labute approximate surface area is 83.7 Å². The van der Waals surface area contributed by atoms with Crippen LogP contribution in [0.2, 0.25) is 0 Å². The summed E-state index contributed by atoms with van der Waals surface area (Å²) in [4.78, 5) is 23.6. The first kappa shape index (κ1) is 11.2. The molecule has 0 aromatic heterocycles. The van der Waals surface area contributed by atoms with Crippen LogP contribution in [0.5, 0.6) is 0 Å². The second kappa shape index (κ2) is 3.69. The molecule has 4 nitrogen and oxygen atoms in total. The van der Waals surface area contributed by atoms with E-state index in [-0.39, 0.29) is 11.7 Å². The molecule has 0 saturated carbocycles. The fraction of sp³-hybridized carbons (Fsp3) is 0.800. The summed E-state index contributed by atoms with van der Waals surface area (Å²) in [5.74, 6) is -0.982. The highest BCUT2D eigenvalue weighted by Crippen LogP contribution is 2.34. The standard InChI is InChI=1S/C10H17NO3/c1-4-10(5-2)7(12)6(3)8(13)11-9(10)14/h6,8,13H,4-5H2,1-3H3,(H,11,14). The van der Waals surface area contributed by atoms with Crippen LogP contribution in [-0.2, 0) is 9.59 Å². The second-order valence-electron chi connectivity index (χ2n) is 3.86. The molecule has 4 heteroatoms. The fourth-order valence-corrected chi connectivity index (χ4v) is 2.01. The first-order valence-corrected chi connectivity index (χ1v) is 5.03. The third-order valence-electron chi connectivity index (χ3n) is 3.28. The molecule has 0 aliphatic carbocycles. The predicted octanol–water partition coefficient (Wildman–Crippen LogP) is 0.446. The summed E-state index contributed by atoms with van der Waals surface area (Å²) < 4.78 is 0. The van der Waals surface area contributed by atoms with Gasteiger partial charge in [0, 0.05) is 0 Å². The quantitative estimate of drug-likeness (QED) is 0.634. The van der Waals surface area contributed by atoms with E-state index in [0.29, 0.717) is 12.8 Å². The van der Waals surface area contributed by atoms with Crippen LogP contribution in [-0.4, -0.2) is 23.0 Å². The Kier molecular flexibility index (Phi) is 2.95. The molecule has 2 atom stereocenters. The number of rotatable bonds is 2. The average Bonchev–Trinajstić information content (AvgIpc) is 2.17. The van der Waals surface area contributed by atoms with Crippen LogP contribution in [0.15, 0.2) is 0 Å². The van der Waals surface area contributed by atoms with Crippen molar-refractivity contribution < 1.29 is 14.7 Å². The first-order chi connectivity index (χ1) is 6.49. The molecule has 14 heavy (non-hydrogen) atoms. The van der Waals surface area contributed by atoms with E-state index in [2.05, 4.69) is 5.32 Å². The summed E-state index contributed by atoms with van der Waals surface area (Å²) >= 11 is 0. The zero-order chi connectivity index (χ0) is 10.9. The minimum absolute atomic E-state index is 0.140. The highest BCUT2D eigenvalue weighted by molar-refractivity contribution is 6.09. The van der Waals surface area contributed by atoms with E-state index >= 15 is 0 Å². The molecule has 0 spiro atoms. The maximum atomic E-state index is 11.9. The van der Waals surface area contributed by atoms with Crippen molar-refractivity contribution in [1.82, 2.24) is 5.32 Å². The van der Waals surface area contributed by atoms with Crippen molar-refractivity contribution >= 4 is 11.7 Å². The van der Waals surface area contributed by atoms with E-state index in [1.165, 1.54) is 0 Å². The molecule has 1 heterocycles. The molecule has 1 amide bonds. The summed E-state index contributed by atoms with van der Waals surface area (Å²) in [6, 6.07) is 0. The number of aliphatic hydroxyl groups excluding tert-OH is 1. The zero-order valence-corrected chi connectivity index (χ0v) is 8.83. The SMILES string of the molecule is CCC1(CC)C(=O)NC(O)C(C)C1=O. The number of nitrogens with one attached hydrogen (secondary N) is 1. The smallest absolute Gasteiger partial charge is 0.235 e. The molecule has 1 aliphatic heterocycles. The van der Waals surface area contributed by atoms with Crippen molar-refractivity contribution in [1.29, 1.82) is 0 Å². The van der Waals surface area contributed by atoms with Crippen LogP contribution in [0.1, 0.15) is 33.6 Å². The largest absolute Gasteiger partial charge is 0.373 e. The molecule has 80 valence electrons. The van der Waals surface area contributed by atoms with Gasteiger partial charge in [-0.3, -0.25) is 9.59 Å². The summed E-state index contributed by atoms with van der Waals surface area (Å²) in [5.41, 5.74) is -0.918. The molecule has 1 aliphatic rings. The lowest BCUT2D eigenvalue weighted by Gasteiger charge is -2.38. The maximum absolute atomic E-state index is 11.9. The third kappa shape index (κ3) is 1.34. The van der Waals surface area contributed by atoms with E-state index in [9.17, 15) is 14.7 Å². The number of aliphatic hydroxyl groups is 1. The molecular formula is C10H17NO3. The van der Waals surface area contributed by atoms with Crippen molar-refractivity contribution in [3.05, 3.63) is 0 Å². The number of ketones is 1. The van der Waals surface area contributed by atoms with Crippen molar-refractivity contribution in [2.24, 2.45) is 11.3 Å². The van der Waals surface area contributed by atoms with Gasteiger partial charge in [0.25, 0.3) is 0 Å². The Morgan fingerprint density at radius 3 is 2.29 bits per heavy atom. The van der Waals surface area contributed by atoms with E-state index in [4.69, 9.17) is 0 Å². The highest BCUT2D eigenvalue weighted by Gasteiger charge is 2.50. The normalized spacial score (nSPS) is 31.4. The van der Waals surface area contributed by atoms with Gasteiger partial charge >= 0.3 is 0 Å². The topological polar surface area (TPSA) is 66.4 Å². The first-order valence-electron chi connectivity index (χ1n) is 5.03. The van der Waals surface area contributed by atoms with Crippen LogP contribution in [0.3, 0.4) is 0 Å². The lowest BCUT2D eigenvalue weighted by molar-refractivity contribution is -0.157. The highest BCUT2D eigenvalue weighted by atomic mass is 16.3. The molecule has 0 radical (unpaired) electrons. The molecule has 2 N–H and O–H groups in total.